The van der Waals surface area contributed by atoms with Crippen LogP contribution in [0, 0.1) is 0 Å². The molecular formula is C12H14N2O3. The highest BCUT2D eigenvalue weighted by Gasteiger charge is 2.26. The van der Waals surface area contributed by atoms with Crippen LogP contribution in [0.25, 0.3) is 0 Å². The number of aldehydes is 1. The summed E-state index contributed by atoms with van der Waals surface area (Å²) < 4.78 is 0. The molecule has 1 aliphatic rings. The second-order valence-corrected chi connectivity index (χ2v) is 3.90. The summed E-state index contributed by atoms with van der Waals surface area (Å²) in [5, 5.41) is 12.4. The SMILES string of the molecule is O=CCN1CCCC(=O)N1c1ccc(O)cc1. The van der Waals surface area contributed by atoms with E-state index in [0.717, 1.165) is 12.7 Å². The molecule has 1 heterocycles. The lowest BCUT2D eigenvalue weighted by Gasteiger charge is -2.37. The first-order valence-corrected chi connectivity index (χ1v) is 5.53. The van der Waals surface area contributed by atoms with E-state index in [0.29, 0.717) is 18.7 Å². The molecule has 1 aromatic rings. The van der Waals surface area contributed by atoms with Crippen LogP contribution < -0.4 is 5.01 Å². The van der Waals surface area contributed by atoms with Gasteiger partial charge in [0.15, 0.2) is 0 Å². The van der Waals surface area contributed by atoms with E-state index in [2.05, 4.69) is 0 Å². The van der Waals surface area contributed by atoms with Crippen LogP contribution in [0.15, 0.2) is 24.3 Å². The number of aromatic hydroxyl groups is 1. The normalized spacial score (nSPS) is 17.2. The number of nitrogens with zero attached hydrogens (tertiary/aromatic N) is 2. The molecule has 0 spiro atoms. The van der Waals surface area contributed by atoms with Gasteiger partial charge < -0.3 is 9.90 Å². The average molecular weight is 234 g/mol. The van der Waals surface area contributed by atoms with Crippen molar-refractivity contribution in [2.45, 2.75) is 12.8 Å². The van der Waals surface area contributed by atoms with Crippen molar-refractivity contribution in [2.24, 2.45) is 0 Å². The maximum absolute atomic E-state index is 11.9. The number of benzene rings is 1. The Kier molecular flexibility index (Phi) is 3.39. The summed E-state index contributed by atoms with van der Waals surface area (Å²) in [6.45, 7) is 0.887. The first-order valence-electron chi connectivity index (χ1n) is 5.53. The standard InChI is InChI=1S/C12H14N2O3/c15-9-8-13-7-1-2-12(17)14(13)10-3-5-11(16)6-4-10/h3-6,9,16H,1-2,7-8H2. The summed E-state index contributed by atoms with van der Waals surface area (Å²) in [5.41, 5.74) is 0.675. The lowest BCUT2D eigenvalue weighted by molar-refractivity contribution is -0.124. The van der Waals surface area contributed by atoms with E-state index in [4.69, 9.17) is 0 Å². The second-order valence-electron chi connectivity index (χ2n) is 3.90. The quantitative estimate of drug-likeness (QED) is 0.790. The lowest BCUT2D eigenvalue weighted by Crippen LogP contribution is -2.51. The van der Waals surface area contributed by atoms with Gasteiger partial charge in [-0.3, -0.25) is 4.79 Å². The molecule has 5 heteroatoms. The van der Waals surface area contributed by atoms with Gasteiger partial charge in [-0.15, -0.1) is 0 Å². The highest BCUT2D eigenvalue weighted by Crippen LogP contribution is 2.23. The lowest BCUT2D eigenvalue weighted by atomic mass is 10.2. The number of carbonyl (C=O) groups excluding carboxylic acids is 2. The molecule has 1 N–H and O–H groups in total. The van der Waals surface area contributed by atoms with Crippen LogP contribution in [-0.2, 0) is 9.59 Å². The predicted molar refractivity (Wildman–Crippen MR) is 62.5 cm³/mol. The molecule has 0 atom stereocenters. The highest BCUT2D eigenvalue weighted by molar-refractivity contribution is 5.93. The van der Waals surface area contributed by atoms with Gasteiger partial charge in [-0.05, 0) is 30.7 Å². The number of anilines is 1. The number of carbonyl (C=O) groups is 2. The largest absolute Gasteiger partial charge is 0.508 e. The first-order chi connectivity index (χ1) is 8.22. The Labute approximate surface area is 99.2 Å². The topological polar surface area (TPSA) is 60.9 Å². The Morgan fingerprint density at radius 3 is 2.65 bits per heavy atom. The highest BCUT2D eigenvalue weighted by atomic mass is 16.3. The summed E-state index contributed by atoms with van der Waals surface area (Å²) in [6, 6.07) is 6.37. The maximum Gasteiger partial charge on any atom is 0.241 e. The van der Waals surface area contributed by atoms with Crippen molar-refractivity contribution in [3.05, 3.63) is 24.3 Å². The van der Waals surface area contributed by atoms with Crippen molar-refractivity contribution < 1.29 is 14.7 Å². The van der Waals surface area contributed by atoms with Crippen LogP contribution in [0.5, 0.6) is 5.75 Å². The summed E-state index contributed by atoms with van der Waals surface area (Å²) >= 11 is 0. The summed E-state index contributed by atoms with van der Waals surface area (Å²) in [6.07, 6.45) is 2.03. The molecule has 0 saturated carbocycles. The van der Waals surface area contributed by atoms with E-state index in [9.17, 15) is 14.7 Å². The van der Waals surface area contributed by atoms with E-state index < -0.39 is 0 Å². The van der Waals surface area contributed by atoms with Crippen molar-refractivity contribution in [1.29, 1.82) is 0 Å². The van der Waals surface area contributed by atoms with Gasteiger partial charge in [0.05, 0.1) is 12.2 Å². The Bertz CT molecular complexity index is 416. The molecule has 0 aliphatic carbocycles. The van der Waals surface area contributed by atoms with Crippen LogP contribution in [0.3, 0.4) is 0 Å². The number of rotatable bonds is 3. The number of hydrazine groups is 1. The van der Waals surface area contributed by atoms with E-state index in [-0.39, 0.29) is 18.2 Å². The monoisotopic (exact) mass is 234 g/mol. The second kappa shape index (κ2) is 4.97. The molecule has 17 heavy (non-hydrogen) atoms. The fraction of sp³-hybridized carbons (Fsp3) is 0.333. The van der Waals surface area contributed by atoms with Crippen molar-refractivity contribution in [2.75, 3.05) is 18.1 Å². The molecule has 1 amide bonds. The van der Waals surface area contributed by atoms with Crippen molar-refractivity contribution in [1.82, 2.24) is 5.01 Å². The van der Waals surface area contributed by atoms with Gasteiger partial charge in [0.25, 0.3) is 0 Å². The number of phenolic OH excluding ortho intramolecular Hbond substituents is 1. The molecule has 0 unspecified atom stereocenters. The Morgan fingerprint density at radius 2 is 2.00 bits per heavy atom. The minimum atomic E-state index is -0.0243. The molecule has 1 aliphatic heterocycles. The summed E-state index contributed by atoms with van der Waals surface area (Å²) in [5.74, 6) is 0.129. The number of hydrogen-bond donors (Lipinski definition) is 1. The molecule has 0 aromatic heterocycles. The summed E-state index contributed by atoms with van der Waals surface area (Å²) in [7, 11) is 0. The molecule has 1 fully saturated rings. The Balaban J connectivity index is 2.27. The van der Waals surface area contributed by atoms with Crippen molar-refractivity contribution >= 4 is 17.9 Å². The van der Waals surface area contributed by atoms with Gasteiger partial charge in [0.1, 0.15) is 12.0 Å². The van der Waals surface area contributed by atoms with Crippen LogP contribution in [0.1, 0.15) is 12.8 Å². The Hall–Kier alpha value is -1.88. The zero-order valence-electron chi connectivity index (χ0n) is 9.37. The molecular weight excluding hydrogens is 220 g/mol. The van der Waals surface area contributed by atoms with Crippen molar-refractivity contribution in [3.63, 3.8) is 0 Å². The third-order valence-electron chi connectivity index (χ3n) is 2.71. The first kappa shape index (κ1) is 11.6. The van der Waals surface area contributed by atoms with Gasteiger partial charge >= 0.3 is 0 Å². The minimum absolute atomic E-state index is 0.0243. The molecule has 1 saturated heterocycles. The van der Waals surface area contributed by atoms with Crippen LogP contribution in [-0.4, -0.2) is 35.4 Å². The molecule has 5 nitrogen and oxygen atoms in total. The van der Waals surface area contributed by atoms with Gasteiger partial charge in [-0.25, -0.2) is 10.0 Å². The summed E-state index contributed by atoms with van der Waals surface area (Å²) in [4.78, 5) is 22.5. The number of amides is 1. The zero-order valence-corrected chi connectivity index (χ0v) is 9.37. The number of phenols is 1. The average Bonchev–Trinajstić information content (AvgIpc) is 2.32. The van der Waals surface area contributed by atoms with Crippen LogP contribution in [0.4, 0.5) is 5.69 Å². The number of hydrogen-bond acceptors (Lipinski definition) is 4. The van der Waals surface area contributed by atoms with Gasteiger partial charge in [-0.2, -0.15) is 0 Å². The van der Waals surface area contributed by atoms with Crippen molar-refractivity contribution in [3.8, 4) is 5.75 Å². The Morgan fingerprint density at radius 1 is 1.29 bits per heavy atom. The van der Waals surface area contributed by atoms with E-state index in [1.54, 1.807) is 17.1 Å². The maximum atomic E-state index is 11.9. The van der Waals surface area contributed by atoms with Crippen LogP contribution in [0.2, 0.25) is 0 Å². The van der Waals surface area contributed by atoms with E-state index >= 15 is 0 Å². The third-order valence-corrected chi connectivity index (χ3v) is 2.71. The third kappa shape index (κ3) is 2.45. The van der Waals surface area contributed by atoms with E-state index in [1.807, 2.05) is 0 Å². The van der Waals surface area contributed by atoms with Gasteiger partial charge in [0, 0.05) is 13.0 Å². The van der Waals surface area contributed by atoms with Gasteiger partial charge in [-0.1, -0.05) is 0 Å². The van der Waals surface area contributed by atoms with Gasteiger partial charge in [0.2, 0.25) is 5.91 Å². The smallest absolute Gasteiger partial charge is 0.241 e. The van der Waals surface area contributed by atoms with E-state index in [1.165, 1.54) is 17.1 Å². The zero-order chi connectivity index (χ0) is 12.3. The predicted octanol–water partition coefficient (Wildman–Crippen LogP) is 0.935. The molecule has 0 radical (unpaired) electrons. The molecule has 1 aromatic carbocycles. The molecule has 0 bridgehead atoms. The minimum Gasteiger partial charge on any atom is -0.508 e. The fourth-order valence-electron chi connectivity index (χ4n) is 1.94. The van der Waals surface area contributed by atoms with Crippen LogP contribution >= 0.6 is 0 Å². The molecule has 2 rings (SSSR count). The molecule has 90 valence electrons. The fourth-order valence-corrected chi connectivity index (χ4v) is 1.94.